The standard InChI is InChI=1S/C22H26ClN3O5S/c1-15(16-4-6-19-20(13-16)31-12-11-30-19)24-22(27)17-3-5-18(23)21(14-17)32(28,29)26-9-7-25(2)8-10-26/h3-6,13-15H,7-12H2,1-2H3,(H,24,27)/t15-/m1/s1. The summed E-state index contributed by atoms with van der Waals surface area (Å²) in [7, 11) is -1.85. The topological polar surface area (TPSA) is 88.2 Å². The molecule has 172 valence electrons. The molecule has 0 aliphatic carbocycles. The van der Waals surface area contributed by atoms with Gasteiger partial charge in [0.1, 0.15) is 18.1 Å². The first-order valence-electron chi connectivity index (χ1n) is 10.4. The molecule has 0 bridgehead atoms. The predicted molar refractivity (Wildman–Crippen MR) is 121 cm³/mol. The van der Waals surface area contributed by atoms with Crippen molar-refractivity contribution in [3.05, 3.63) is 52.5 Å². The van der Waals surface area contributed by atoms with Crippen LogP contribution >= 0.6 is 11.6 Å². The number of sulfonamides is 1. The Balaban J connectivity index is 1.52. The number of hydrogen-bond donors (Lipinski definition) is 1. The Labute approximate surface area is 193 Å². The van der Waals surface area contributed by atoms with Crippen LogP contribution in [0.3, 0.4) is 0 Å². The highest BCUT2D eigenvalue weighted by Crippen LogP contribution is 2.33. The zero-order chi connectivity index (χ0) is 22.9. The zero-order valence-corrected chi connectivity index (χ0v) is 19.6. The van der Waals surface area contributed by atoms with Crippen molar-refractivity contribution in [1.82, 2.24) is 14.5 Å². The summed E-state index contributed by atoms with van der Waals surface area (Å²) < 4.78 is 38.8. The molecule has 1 N–H and O–H groups in total. The first kappa shape index (κ1) is 22.8. The Hall–Kier alpha value is -2.33. The van der Waals surface area contributed by atoms with E-state index in [0.29, 0.717) is 50.9 Å². The summed E-state index contributed by atoms with van der Waals surface area (Å²) in [5.74, 6) is 0.927. The van der Waals surface area contributed by atoms with Gasteiger partial charge in [-0.05, 0) is 49.9 Å². The average Bonchev–Trinajstić information content (AvgIpc) is 2.79. The Morgan fingerprint density at radius 3 is 2.44 bits per heavy atom. The Kier molecular flexibility index (Phi) is 6.62. The highest BCUT2D eigenvalue weighted by molar-refractivity contribution is 7.89. The second-order valence-electron chi connectivity index (χ2n) is 7.95. The van der Waals surface area contributed by atoms with Gasteiger partial charge in [-0.3, -0.25) is 4.79 Å². The number of likely N-dealkylation sites (N-methyl/N-ethyl adjacent to an activating group) is 1. The van der Waals surface area contributed by atoms with Gasteiger partial charge in [-0.1, -0.05) is 17.7 Å². The van der Waals surface area contributed by atoms with E-state index >= 15 is 0 Å². The molecular weight excluding hydrogens is 454 g/mol. The number of rotatable bonds is 5. The molecule has 2 aromatic rings. The Morgan fingerprint density at radius 2 is 1.72 bits per heavy atom. The van der Waals surface area contributed by atoms with Crippen LogP contribution in [0, 0.1) is 0 Å². The second kappa shape index (κ2) is 9.27. The van der Waals surface area contributed by atoms with E-state index in [9.17, 15) is 13.2 Å². The highest BCUT2D eigenvalue weighted by Gasteiger charge is 2.30. The van der Waals surface area contributed by atoms with Gasteiger partial charge in [0.25, 0.3) is 5.91 Å². The van der Waals surface area contributed by atoms with Gasteiger partial charge >= 0.3 is 0 Å². The van der Waals surface area contributed by atoms with Gasteiger partial charge < -0.3 is 19.7 Å². The third-order valence-corrected chi connectivity index (χ3v) is 8.07. The molecule has 8 nitrogen and oxygen atoms in total. The lowest BCUT2D eigenvalue weighted by molar-refractivity contribution is 0.0939. The number of hydrogen-bond acceptors (Lipinski definition) is 6. The molecule has 1 amide bonds. The molecule has 1 saturated heterocycles. The average molecular weight is 480 g/mol. The van der Waals surface area contributed by atoms with Crippen LogP contribution in [-0.2, 0) is 10.0 Å². The molecule has 10 heteroatoms. The summed E-state index contributed by atoms with van der Waals surface area (Å²) in [5.41, 5.74) is 1.08. The zero-order valence-electron chi connectivity index (χ0n) is 18.0. The smallest absolute Gasteiger partial charge is 0.251 e. The normalized spacial score (nSPS) is 18.2. The number of carbonyl (C=O) groups excluding carboxylic acids is 1. The van der Waals surface area contributed by atoms with E-state index in [1.807, 2.05) is 32.2 Å². The molecule has 0 radical (unpaired) electrons. The number of piperazine rings is 1. The second-order valence-corrected chi connectivity index (χ2v) is 10.3. The maximum atomic E-state index is 13.1. The molecule has 1 fully saturated rings. The lowest BCUT2D eigenvalue weighted by Crippen LogP contribution is -2.47. The van der Waals surface area contributed by atoms with Crippen LogP contribution < -0.4 is 14.8 Å². The lowest BCUT2D eigenvalue weighted by Gasteiger charge is -2.31. The van der Waals surface area contributed by atoms with Gasteiger partial charge in [-0.15, -0.1) is 0 Å². The highest BCUT2D eigenvalue weighted by atomic mass is 35.5. The molecule has 4 rings (SSSR count). The number of amides is 1. The molecule has 1 atom stereocenters. The van der Waals surface area contributed by atoms with Crippen LogP contribution in [0.2, 0.25) is 5.02 Å². The molecule has 0 spiro atoms. The minimum Gasteiger partial charge on any atom is -0.486 e. The van der Waals surface area contributed by atoms with Crippen molar-refractivity contribution in [3.8, 4) is 11.5 Å². The summed E-state index contributed by atoms with van der Waals surface area (Å²) in [6, 6.07) is 9.52. The fourth-order valence-corrected chi connectivity index (χ4v) is 5.63. The summed E-state index contributed by atoms with van der Waals surface area (Å²) in [6.45, 7) is 4.88. The largest absolute Gasteiger partial charge is 0.486 e. The van der Waals surface area contributed by atoms with Gasteiger partial charge in [-0.25, -0.2) is 8.42 Å². The molecular formula is C22H26ClN3O5S. The number of nitrogens with zero attached hydrogens (tertiary/aromatic N) is 2. The molecule has 0 unspecified atom stereocenters. The predicted octanol–water partition coefficient (Wildman–Crippen LogP) is 2.54. The summed E-state index contributed by atoms with van der Waals surface area (Å²) in [5, 5.41) is 3.01. The third kappa shape index (κ3) is 4.71. The van der Waals surface area contributed by atoms with Crippen molar-refractivity contribution in [3.63, 3.8) is 0 Å². The Bertz CT molecular complexity index is 1120. The molecule has 2 aromatic carbocycles. The minimum absolute atomic E-state index is 0.0525. The fourth-order valence-electron chi connectivity index (χ4n) is 3.70. The monoisotopic (exact) mass is 479 g/mol. The van der Waals surface area contributed by atoms with E-state index in [1.54, 1.807) is 0 Å². The van der Waals surface area contributed by atoms with Crippen LogP contribution in [0.25, 0.3) is 0 Å². The maximum Gasteiger partial charge on any atom is 0.251 e. The molecule has 32 heavy (non-hydrogen) atoms. The molecule has 2 aliphatic rings. The van der Waals surface area contributed by atoms with Gasteiger partial charge in [0.15, 0.2) is 11.5 Å². The van der Waals surface area contributed by atoms with E-state index in [-0.39, 0.29) is 27.4 Å². The first-order valence-corrected chi connectivity index (χ1v) is 12.3. The van der Waals surface area contributed by atoms with Crippen molar-refractivity contribution >= 4 is 27.5 Å². The SMILES string of the molecule is C[C@@H](NC(=O)c1ccc(Cl)c(S(=O)(=O)N2CCN(C)CC2)c1)c1ccc2c(c1)OCCO2. The van der Waals surface area contributed by atoms with Crippen molar-refractivity contribution in [1.29, 1.82) is 0 Å². The summed E-state index contributed by atoms with van der Waals surface area (Å²) >= 11 is 6.23. The van der Waals surface area contributed by atoms with E-state index < -0.39 is 10.0 Å². The van der Waals surface area contributed by atoms with Crippen LogP contribution in [0.5, 0.6) is 11.5 Å². The molecule has 2 heterocycles. The van der Waals surface area contributed by atoms with Crippen LogP contribution in [0.4, 0.5) is 0 Å². The van der Waals surface area contributed by atoms with Crippen LogP contribution in [-0.4, -0.2) is 70.0 Å². The molecule has 0 saturated carbocycles. The van der Waals surface area contributed by atoms with E-state index in [1.165, 1.54) is 22.5 Å². The van der Waals surface area contributed by atoms with Gasteiger partial charge in [-0.2, -0.15) is 4.31 Å². The number of ether oxygens (including phenoxy) is 2. The number of nitrogens with one attached hydrogen (secondary N) is 1. The van der Waals surface area contributed by atoms with E-state index in [4.69, 9.17) is 21.1 Å². The van der Waals surface area contributed by atoms with Crippen LogP contribution in [0.1, 0.15) is 28.9 Å². The van der Waals surface area contributed by atoms with Crippen molar-refractivity contribution < 1.29 is 22.7 Å². The number of benzene rings is 2. The number of halogens is 1. The van der Waals surface area contributed by atoms with Crippen molar-refractivity contribution in [2.24, 2.45) is 0 Å². The number of fused-ring (bicyclic) bond motifs is 1. The van der Waals surface area contributed by atoms with E-state index in [2.05, 4.69) is 10.2 Å². The number of carbonyl (C=O) groups is 1. The van der Waals surface area contributed by atoms with Crippen molar-refractivity contribution in [2.75, 3.05) is 46.4 Å². The lowest BCUT2D eigenvalue weighted by atomic mass is 10.1. The third-order valence-electron chi connectivity index (χ3n) is 5.69. The summed E-state index contributed by atoms with van der Waals surface area (Å²) in [4.78, 5) is 14.9. The first-order chi connectivity index (χ1) is 15.3. The van der Waals surface area contributed by atoms with Gasteiger partial charge in [0.2, 0.25) is 10.0 Å². The minimum atomic E-state index is -3.80. The quantitative estimate of drug-likeness (QED) is 0.709. The van der Waals surface area contributed by atoms with E-state index in [0.717, 1.165) is 5.56 Å². The maximum absolute atomic E-state index is 13.1. The van der Waals surface area contributed by atoms with Crippen molar-refractivity contribution in [2.45, 2.75) is 17.9 Å². The summed E-state index contributed by atoms with van der Waals surface area (Å²) in [6.07, 6.45) is 0. The fraction of sp³-hybridized carbons (Fsp3) is 0.409. The van der Waals surface area contributed by atoms with Crippen LogP contribution in [0.15, 0.2) is 41.3 Å². The molecule has 0 aromatic heterocycles. The molecule has 2 aliphatic heterocycles. The Morgan fingerprint density at radius 1 is 1.03 bits per heavy atom. The van der Waals surface area contributed by atoms with Gasteiger partial charge in [0, 0.05) is 31.7 Å². The van der Waals surface area contributed by atoms with Gasteiger partial charge in [0.05, 0.1) is 11.1 Å².